The van der Waals surface area contributed by atoms with Crippen molar-refractivity contribution in [2.75, 3.05) is 13.2 Å². The minimum atomic E-state index is -0.329. The molecule has 0 aromatic heterocycles. The van der Waals surface area contributed by atoms with Gasteiger partial charge in [0, 0.05) is 6.42 Å². The molecule has 1 aliphatic heterocycles. The first-order chi connectivity index (χ1) is 15.2. The second-order valence-corrected chi connectivity index (χ2v) is 14.7. The lowest BCUT2D eigenvalue weighted by molar-refractivity contribution is -0.223. The quantitative estimate of drug-likeness (QED) is 0.348. The number of hydrogen-bond acceptors (Lipinski definition) is 2. The largest absolute Gasteiger partial charge is 0.346 e. The third-order valence-corrected chi connectivity index (χ3v) is 12.7. The van der Waals surface area contributed by atoms with Gasteiger partial charge in [-0.2, -0.15) is 0 Å². The smallest absolute Gasteiger partial charge is 0.181 e. The fraction of sp³-hybridized carbons (Fsp3) is 1.00. The van der Waals surface area contributed by atoms with Crippen LogP contribution in [0.1, 0.15) is 105 Å². The molecule has 9 atom stereocenters. The Labute approximate surface area is 206 Å². The van der Waals surface area contributed by atoms with Gasteiger partial charge in [0.25, 0.3) is 0 Å². The van der Waals surface area contributed by atoms with Gasteiger partial charge in [0.2, 0.25) is 0 Å². The van der Waals surface area contributed by atoms with E-state index >= 15 is 0 Å². The predicted molar refractivity (Wildman–Crippen MR) is 136 cm³/mol. The van der Waals surface area contributed by atoms with E-state index in [0.717, 1.165) is 61.1 Å². The highest BCUT2D eigenvalue weighted by atomic mass is 79.9. The van der Waals surface area contributed by atoms with E-state index in [-0.39, 0.29) is 5.79 Å². The maximum atomic E-state index is 6.23. The van der Waals surface area contributed by atoms with Crippen LogP contribution in [0, 0.1) is 52.3 Å². The first kappa shape index (κ1) is 24.1. The average molecular weight is 510 g/mol. The molecular formula is C29H49BrO2. The molecule has 4 saturated carbocycles. The first-order valence-electron chi connectivity index (χ1n) is 14.1. The average Bonchev–Trinajstić information content (AvgIpc) is 3.34. The Balaban J connectivity index is 1.30. The van der Waals surface area contributed by atoms with Crippen LogP contribution in [0.15, 0.2) is 0 Å². The topological polar surface area (TPSA) is 18.5 Å². The summed E-state index contributed by atoms with van der Waals surface area (Å²) in [4.78, 5) is 0.350. The van der Waals surface area contributed by atoms with E-state index in [1.165, 1.54) is 64.2 Å². The second-order valence-electron chi connectivity index (χ2n) is 13.6. The summed E-state index contributed by atoms with van der Waals surface area (Å²) in [5.74, 6) is 6.01. The molecule has 3 heteroatoms. The van der Waals surface area contributed by atoms with Gasteiger partial charge in [-0.3, -0.25) is 0 Å². The van der Waals surface area contributed by atoms with Crippen LogP contribution in [0.3, 0.4) is 0 Å². The number of ether oxygens (including phenoxy) is 2. The van der Waals surface area contributed by atoms with Crippen molar-refractivity contribution in [3.05, 3.63) is 0 Å². The summed E-state index contributed by atoms with van der Waals surface area (Å²) in [6, 6.07) is 0. The Morgan fingerprint density at radius 3 is 2.28 bits per heavy atom. The van der Waals surface area contributed by atoms with E-state index in [4.69, 9.17) is 9.47 Å². The molecule has 1 heterocycles. The molecule has 0 aromatic rings. The third-order valence-electron chi connectivity index (χ3n) is 11.7. The number of halogens is 1. The molecule has 5 rings (SSSR count). The van der Waals surface area contributed by atoms with Crippen molar-refractivity contribution < 1.29 is 9.47 Å². The van der Waals surface area contributed by atoms with Gasteiger partial charge < -0.3 is 9.47 Å². The van der Waals surface area contributed by atoms with Gasteiger partial charge in [-0.1, -0.05) is 69.8 Å². The van der Waals surface area contributed by atoms with E-state index in [1.54, 1.807) is 0 Å². The lowest BCUT2D eigenvalue weighted by Crippen LogP contribution is -2.59. The van der Waals surface area contributed by atoms with E-state index in [9.17, 15) is 0 Å². The molecule has 0 radical (unpaired) electrons. The van der Waals surface area contributed by atoms with Crippen LogP contribution in [-0.4, -0.2) is 23.8 Å². The number of rotatable bonds is 5. The van der Waals surface area contributed by atoms with Crippen LogP contribution in [0.4, 0.5) is 0 Å². The zero-order valence-electron chi connectivity index (χ0n) is 21.5. The predicted octanol–water partition coefficient (Wildman–Crippen LogP) is 8.22. The van der Waals surface area contributed by atoms with E-state index < -0.39 is 0 Å². The summed E-state index contributed by atoms with van der Waals surface area (Å²) in [6.07, 6.45) is 15.4. The zero-order valence-corrected chi connectivity index (χ0v) is 23.1. The standard InChI is InChI=1S/C29H49BrO2/c1-19(2)7-6-8-20(3)23-11-12-24-22-10-9-21-17-29(31-15-16-32-29)26(30)18-28(21,5)25(22)13-14-27(23,24)4/h19-26H,6-18H2,1-5H3. The van der Waals surface area contributed by atoms with Gasteiger partial charge in [-0.05, 0) is 97.2 Å². The second kappa shape index (κ2) is 8.81. The van der Waals surface area contributed by atoms with Gasteiger partial charge in [0.15, 0.2) is 5.79 Å². The van der Waals surface area contributed by atoms with Gasteiger partial charge in [-0.25, -0.2) is 0 Å². The summed E-state index contributed by atoms with van der Waals surface area (Å²) in [7, 11) is 0. The number of hydrogen-bond donors (Lipinski definition) is 0. The van der Waals surface area contributed by atoms with Gasteiger partial charge >= 0.3 is 0 Å². The van der Waals surface area contributed by atoms with Crippen molar-refractivity contribution in [1.82, 2.24) is 0 Å². The van der Waals surface area contributed by atoms with Crippen LogP contribution in [0.2, 0.25) is 0 Å². The highest BCUT2D eigenvalue weighted by molar-refractivity contribution is 9.09. The Hall–Kier alpha value is 0.400. The lowest BCUT2D eigenvalue weighted by atomic mass is 9.44. The van der Waals surface area contributed by atoms with E-state index in [0.29, 0.717) is 15.7 Å². The summed E-state index contributed by atoms with van der Waals surface area (Å²) < 4.78 is 12.5. The summed E-state index contributed by atoms with van der Waals surface area (Å²) in [5, 5.41) is 0. The van der Waals surface area contributed by atoms with Crippen LogP contribution in [-0.2, 0) is 9.47 Å². The van der Waals surface area contributed by atoms with Crippen LogP contribution >= 0.6 is 15.9 Å². The maximum Gasteiger partial charge on any atom is 0.181 e. The van der Waals surface area contributed by atoms with Crippen molar-refractivity contribution in [2.45, 2.75) is 116 Å². The van der Waals surface area contributed by atoms with Gasteiger partial charge in [0.05, 0.1) is 18.0 Å². The van der Waals surface area contributed by atoms with Crippen molar-refractivity contribution >= 4 is 15.9 Å². The Bertz CT molecular complexity index is 672. The Kier molecular flexibility index (Phi) is 6.64. The molecule has 0 bridgehead atoms. The van der Waals surface area contributed by atoms with E-state index in [2.05, 4.69) is 50.5 Å². The van der Waals surface area contributed by atoms with E-state index in [1.807, 2.05) is 0 Å². The number of alkyl halides is 1. The molecule has 4 aliphatic carbocycles. The van der Waals surface area contributed by atoms with Crippen molar-refractivity contribution in [2.24, 2.45) is 52.3 Å². The molecule has 5 fully saturated rings. The molecule has 184 valence electrons. The lowest BCUT2D eigenvalue weighted by Gasteiger charge is -2.63. The molecule has 9 unspecified atom stereocenters. The van der Waals surface area contributed by atoms with Gasteiger partial charge in [-0.15, -0.1) is 0 Å². The van der Waals surface area contributed by atoms with Crippen molar-refractivity contribution in [1.29, 1.82) is 0 Å². The molecule has 0 aromatic carbocycles. The highest BCUT2D eigenvalue weighted by Gasteiger charge is 2.64. The van der Waals surface area contributed by atoms with Crippen molar-refractivity contribution in [3.63, 3.8) is 0 Å². The molecule has 0 amide bonds. The fourth-order valence-corrected chi connectivity index (χ4v) is 11.1. The molecule has 0 N–H and O–H groups in total. The molecule has 5 aliphatic rings. The van der Waals surface area contributed by atoms with Crippen LogP contribution < -0.4 is 0 Å². The number of fused-ring (bicyclic) bond motifs is 5. The summed E-state index contributed by atoms with van der Waals surface area (Å²) >= 11 is 4.07. The molecule has 1 saturated heterocycles. The summed E-state index contributed by atoms with van der Waals surface area (Å²) in [5.41, 5.74) is 1.06. The maximum absolute atomic E-state index is 6.23. The van der Waals surface area contributed by atoms with Gasteiger partial charge in [0.1, 0.15) is 0 Å². The molecule has 32 heavy (non-hydrogen) atoms. The minimum Gasteiger partial charge on any atom is -0.346 e. The normalized spacial score (nSPS) is 48.5. The SMILES string of the molecule is CC(C)CCCC(C)C1CCC2C3CCC4CC5(OCCO5)C(Br)CC4(C)C3CCC12C. The highest BCUT2D eigenvalue weighted by Crippen LogP contribution is 2.69. The molecular weight excluding hydrogens is 460 g/mol. The van der Waals surface area contributed by atoms with Crippen LogP contribution in [0.5, 0.6) is 0 Å². The third kappa shape index (κ3) is 3.78. The van der Waals surface area contributed by atoms with Crippen LogP contribution in [0.25, 0.3) is 0 Å². The molecule has 1 spiro atoms. The zero-order chi connectivity index (χ0) is 22.7. The minimum absolute atomic E-state index is 0.329. The Morgan fingerprint density at radius 1 is 0.844 bits per heavy atom. The molecule has 2 nitrogen and oxygen atoms in total. The summed E-state index contributed by atoms with van der Waals surface area (Å²) in [6.45, 7) is 14.3. The van der Waals surface area contributed by atoms with Crippen molar-refractivity contribution in [3.8, 4) is 0 Å². The Morgan fingerprint density at radius 2 is 1.56 bits per heavy atom. The first-order valence-corrected chi connectivity index (χ1v) is 15.0. The monoisotopic (exact) mass is 508 g/mol. The fourth-order valence-electron chi connectivity index (χ4n) is 9.99.